The van der Waals surface area contributed by atoms with Gasteiger partial charge in [0.2, 0.25) is 0 Å². The van der Waals surface area contributed by atoms with Gasteiger partial charge in [0.15, 0.2) is 5.78 Å². The molecule has 0 amide bonds. The first-order valence-corrected chi connectivity index (χ1v) is 5.00. The van der Waals surface area contributed by atoms with Crippen LogP contribution in [0.3, 0.4) is 0 Å². The number of benzene rings is 1. The number of rotatable bonds is 0. The van der Waals surface area contributed by atoms with Crippen LogP contribution < -0.4 is 5.73 Å². The lowest BCUT2D eigenvalue weighted by Gasteiger charge is -2.22. The molecule has 15 heavy (non-hydrogen) atoms. The zero-order valence-electron chi connectivity index (χ0n) is 8.58. The maximum Gasteiger partial charge on any atom is 0.164 e. The monoisotopic (exact) mass is 200 g/mol. The number of carbonyl (C=O) groups excluding carboxylic acids is 1. The minimum absolute atomic E-state index is 0.0481. The van der Waals surface area contributed by atoms with Crippen LogP contribution in [0, 0.1) is 11.3 Å². The Balaban J connectivity index is 2.74. The Morgan fingerprint density at radius 1 is 1.53 bits per heavy atom. The molecule has 1 aliphatic rings. The van der Waals surface area contributed by atoms with Crippen molar-refractivity contribution < 1.29 is 4.79 Å². The summed E-state index contributed by atoms with van der Waals surface area (Å²) >= 11 is 0. The fourth-order valence-electron chi connectivity index (χ4n) is 2.09. The molecule has 0 aliphatic heterocycles. The molecule has 1 aromatic rings. The normalized spacial score (nSPS) is 19.5. The summed E-state index contributed by atoms with van der Waals surface area (Å²) < 4.78 is 0. The van der Waals surface area contributed by atoms with Crippen LogP contribution >= 0.6 is 0 Å². The average Bonchev–Trinajstić information content (AvgIpc) is 2.23. The number of Topliss-reactive ketones (excluding diaryl/α,β-unsaturated/α-hetero) is 1. The topological polar surface area (TPSA) is 66.9 Å². The van der Waals surface area contributed by atoms with E-state index in [0.29, 0.717) is 29.2 Å². The van der Waals surface area contributed by atoms with Gasteiger partial charge in [-0.05, 0) is 24.0 Å². The molecule has 1 atom stereocenters. The van der Waals surface area contributed by atoms with Crippen molar-refractivity contribution in [2.24, 2.45) is 0 Å². The summed E-state index contributed by atoms with van der Waals surface area (Å²) in [5.74, 6) is 0.386. The zero-order chi connectivity index (χ0) is 11.0. The van der Waals surface area contributed by atoms with Gasteiger partial charge < -0.3 is 5.73 Å². The molecule has 0 radical (unpaired) electrons. The van der Waals surface area contributed by atoms with Crippen molar-refractivity contribution in [3.63, 3.8) is 0 Å². The number of nitrogen functional groups attached to an aromatic ring is 1. The predicted molar refractivity (Wildman–Crippen MR) is 57.5 cm³/mol. The molecule has 2 rings (SSSR count). The zero-order valence-corrected chi connectivity index (χ0v) is 8.58. The van der Waals surface area contributed by atoms with E-state index in [1.165, 1.54) is 0 Å². The van der Waals surface area contributed by atoms with E-state index in [0.717, 1.165) is 12.0 Å². The molecule has 0 saturated carbocycles. The Morgan fingerprint density at radius 3 is 2.93 bits per heavy atom. The average molecular weight is 200 g/mol. The fourth-order valence-corrected chi connectivity index (χ4v) is 2.09. The summed E-state index contributed by atoms with van der Waals surface area (Å²) in [7, 11) is 0. The molecule has 0 aromatic heterocycles. The van der Waals surface area contributed by atoms with Gasteiger partial charge in [-0.2, -0.15) is 5.26 Å². The summed E-state index contributed by atoms with van der Waals surface area (Å²) in [5.41, 5.74) is 7.96. The molecule has 0 saturated heterocycles. The van der Waals surface area contributed by atoms with Crippen molar-refractivity contribution >= 4 is 11.5 Å². The van der Waals surface area contributed by atoms with Gasteiger partial charge in [0, 0.05) is 12.0 Å². The fraction of sp³-hybridized carbons (Fsp3) is 0.333. The van der Waals surface area contributed by atoms with E-state index in [9.17, 15) is 4.79 Å². The van der Waals surface area contributed by atoms with Gasteiger partial charge in [-0.1, -0.05) is 13.0 Å². The van der Waals surface area contributed by atoms with Gasteiger partial charge >= 0.3 is 0 Å². The highest BCUT2D eigenvalue weighted by Gasteiger charge is 2.26. The van der Waals surface area contributed by atoms with E-state index in [1.54, 1.807) is 6.07 Å². The van der Waals surface area contributed by atoms with Crippen molar-refractivity contribution in [2.75, 3.05) is 5.73 Å². The number of nitrogens with zero attached hydrogens (tertiary/aromatic N) is 1. The Kier molecular flexibility index (Phi) is 2.20. The molecule has 0 unspecified atom stereocenters. The molecule has 0 fully saturated rings. The maximum atomic E-state index is 11.8. The lowest BCUT2D eigenvalue weighted by molar-refractivity contribution is 0.0968. The number of carbonyl (C=O) groups is 1. The number of hydrogen-bond acceptors (Lipinski definition) is 3. The predicted octanol–water partition coefficient (Wildman–Crippen LogP) is 2.22. The minimum Gasteiger partial charge on any atom is -0.398 e. The Labute approximate surface area is 88.5 Å². The van der Waals surface area contributed by atoms with Crippen LogP contribution in [0.5, 0.6) is 0 Å². The summed E-state index contributed by atoms with van der Waals surface area (Å²) in [5, 5.41) is 9.00. The minimum atomic E-state index is 0.0481. The van der Waals surface area contributed by atoms with E-state index in [1.807, 2.05) is 12.1 Å². The van der Waals surface area contributed by atoms with Crippen molar-refractivity contribution in [1.29, 1.82) is 5.26 Å². The first kappa shape index (κ1) is 9.72. The summed E-state index contributed by atoms with van der Waals surface area (Å²) in [6, 6.07) is 5.61. The van der Waals surface area contributed by atoms with Gasteiger partial charge in [-0.3, -0.25) is 4.79 Å². The number of hydrogen-bond donors (Lipinski definition) is 1. The van der Waals surface area contributed by atoms with Crippen LogP contribution in [-0.4, -0.2) is 5.78 Å². The molecular weight excluding hydrogens is 188 g/mol. The van der Waals surface area contributed by atoms with Crippen LogP contribution in [0.4, 0.5) is 5.69 Å². The molecule has 0 spiro atoms. The number of nitriles is 1. The molecule has 0 bridgehead atoms. The van der Waals surface area contributed by atoms with Crippen LogP contribution in [-0.2, 0) is 0 Å². The Hall–Kier alpha value is -1.82. The first-order chi connectivity index (χ1) is 7.15. The summed E-state index contributed by atoms with van der Waals surface area (Å²) in [6.07, 6.45) is 1.38. The van der Waals surface area contributed by atoms with Crippen molar-refractivity contribution in [2.45, 2.75) is 25.7 Å². The summed E-state index contributed by atoms with van der Waals surface area (Å²) in [4.78, 5) is 11.8. The third-order valence-corrected chi connectivity index (χ3v) is 3.00. The molecule has 1 aromatic carbocycles. The van der Waals surface area contributed by atoms with E-state index in [4.69, 9.17) is 11.0 Å². The van der Waals surface area contributed by atoms with Crippen LogP contribution in [0.2, 0.25) is 0 Å². The lowest BCUT2D eigenvalue weighted by atomic mass is 9.81. The Bertz CT molecular complexity index is 471. The lowest BCUT2D eigenvalue weighted by Crippen LogP contribution is -2.16. The van der Waals surface area contributed by atoms with Gasteiger partial charge in [0.25, 0.3) is 0 Å². The molecule has 3 heteroatoms. The van der Waals surface area contributed by atoms with Crippen molar-refractivity contribution in [1.82, 2.24) is 0 Å². The third-order valence-electron chi connectivity index (χ3n) is 3.00. The van der Waals surface area contributed by atoms with E-state index in [-0.39, 0.29) is 5.78 Å². The number of ketones is 1. The van der Waals surface area contributed by atoms with Crippen LogP contribution in [0.25, 0.3) is 0 Å². The van der Waals surface area contributed by atoms with Crippen LogP contribution in [0.15, 0.2) is 12.1 Å². The highest BCUT2D eigenvalue weighted by Crippen LogP contribution is 2.34. The first-order valence-electron chi connectivity index (χ1n) is 5.00. The highest BCUT2D eigenvalue weighted by molar-refractivity contribution is 6.02. The molecule has 0 heterocycles. The SMILES string of the molecule is C[C@H]1CCC(=O)c2c1ccc(N)c2C#N. The van der Waals surface area contributed by atoms with Gasteiger partial charge in [-0.25, -0.2) is 0 Å². The van der Waals surface area contributed by atoms with Crippen molar-refractivity contribution in [3.05, 3.63) is 28.8 Å². The quantitative estimate of drug-likeness (QED) is 0.653. The Morgan fingerprint density at radius 2 is 2.27 bits per heavy atom. The van der Waals surface area contributed by atoms with Crippen molar-refractivity contribution in [3.8, 4) is 6.07 Å². The second-order valence-electron chi connectivity index (χ2n) is 3.97. The largest absolute Gasteiger partial charge is 0.398 e. The summed E-state index contributed by atoms with van der Waals surface area (Å²) in [6.45, 7) is 2.07. The molecule has 1 aliphatic carbocycles. The molecule has 3 nitrogen and oxygen atoms in total. The molecule has 2 N–H and O–H groups in total. The van der Waals surface area contributed by atoms with Gasteiger partial charge in [0.1, 0.15) is 6.07 Å². The van der Waals surface area contributed by atoms with Crippen LogP contribution in [0.1, 0.15) is 47.2 Å². The molecule has 76 valence electrons. The smallest absolute Gasteiger partial charge is 0.164 e. The standard InChI is InChI=1S/C12H12N2O/c1-7-2-5-11(15)12-8(7)3-4-10(14)9(12)6-13/h3-4,7H,2,5,14H2,1H3/t7-/m0/s1. The highest BCUT2D eigenvalue weighted by atomic mass is 16.1. The second-order valence-corrected chi connectivity index (χ2v) is 3.97. The molecular formula is C12H12N2O. The number of nitrogens with two attached hydrogens (primary N) is 1. The van der Waals surface area contributed by atoms with E-state index < -0.39 is 0 Å². The number of anilines is 1. The van der Waals surface area contributed by atoms with E-state index in [2.05, 4.69) is 6.92 Å². The third kappa shape index (κ3) is 1.39. The van der Waals surface area contributed by atoms with E-state index >= 15 is 0 Å². The number of fused-ring (bicyclic) bond motifs is 1. The second kappa shape index (κ2) is 3.39. The maximum absolute atomic E-state index is 11.8. The van der Waals surface area contributed by atoms with Gasteiger partial charge in [0.05, 0.1) is 11.3 Å². The van der Waals surface area contributed by atoms with Gasteiger partial charge in [-0.15, -0.1) is 0 Å².